The molecule has 0 saturated carbocycles. The van der Waals surface area contributed by atoms with E-state index in [1.165, 1.54) is 31.8 Å². The number of ether oxygens (including phenoxy) is 2. The molecule has 2 aromatic rings. The highest BCUT2D eigenvalue weighted by atomic mass is 16.6. The average molecular weight is 361 g/mol. The largest absolute Gasteiger partial charge is 0.495 e. The van der Waals surface area contributed by atoms with Crippen LogP contribution >= 0.6 is 0 Å². The number of anilines is 1. The van der Waals surface area contributed by atoms with Crippen LogP contribution in [0.15, 0.2) is 30.5 Å². The van der Waals surface area contributed by atoms with Gasteiger partial charge in [0.2, 0.25) is 0 Å². The number of rotatable bonds is 6. The molecule has 1 heterocycles. The van der Waals surface area contributed by atoms with Gasteiger partial charge in [-0.2, -0.15) is 0 Å². The van der Waals surface area contributed by atoms with Crippen molar-refractivity contribution < 1.29 is 24.0 Å². The van der Waals surface area contributed by atoms with Gasteiger partial charge in [-0.1, -0.05) is 6.07 Å². The Morgan fingerprint density at radius 3 is 2.58 bits per heavy atom. The lowest BCUT2D eigenvalue weighted by Gasteiger charge is -2.15. The Bertz CT molecular complexity index is 858. The SMILES string of the molecule is COc1ccc(C)cc1NC(=O)C(C)OC(=O)c1cc([N+](=O)[O-])cn1C. The number of amides is 1. The number of methoxy groups -OCH3 is 1. The Morgan fingerprint density at radius 2 is 2.00 bits per heavy atom. The molecular weight excluding hydrogens is 342 g/mol. The van der Waals surface area contributed by atoms with Gasteiger partial charge in [-0.3, -0.25) is 14.9 Å². The van der Waals surface area contributed by atoms with Gasteiger partial charge < -0.3 is 19.4 Å². The fourth-order valence-corrected chi connectivity index (χ4v) is 2.28. The molecule has 26 heavy (non-hydrogen) atoms. The Labute approximate surface area is 149 Å². The number of carbonyl (C=O) groups excluding carboxylic acids is 2. The summed E-state index contributed by atoms with van der Waals surface area (Å²) in [7, 11) is 2.96. The molecule has 0 fully saturated rings. The molecule has 1 amide bonds. The minimum Gasteiger partial charge on any atom is -0.495 e. The first-order valence-corrected chi connectivity index (χ1v) is 7.70. The summed E-state index contributed by atoms with van der Waals surface area (Å²) in [5.74, 6) is -0.911. The molecule has 138 valence electrons. The third-order valence-electron chi connectivity index (χ3n) is 3.68. The van der Waals surface area contributed by atoms with E-state index in [0.717, 1.165) is 11.6 Å². The molecule has 0 bridgehead atoms. The predicted molar refractivity (Wildman–Crippen MR) is 93.3 cm³/mol. The van der Waals surface area contributed by atoms with Crippen molar-refractivity contribution in [1.29, 1.82) is 0 Å². The van der Waals surface area contributed by atoms with Crippen LogP contribution in [0.25, 0.3) is 0 Å². The summed E-state index contributed by atoms with van der Waals surface area (Å²) in [6.45, 7) is 3.27. The number of hydrogen-bond donors (Lipinski definition) is 1. The average Bonchev–Trinajstić information content (AvgIpc) is 2.97. The van der Waals surface area contributed by atoms with Gasteiger partial charge in [-0.05, 0) is 31.5 Å². The van der Waals surface area contributed by atoms with Gasteiger partial charge >= 0.3 is 5.97 Å². The lowest BCUT2D eigenvalue weighted by Crippen LogP contribution is -2.30. The second-order valence-electron chi connectivity index (χ2n) is 5.69. The molecule has 9 heteroatoms. The zero-order chi connectivity index (χ0) is 19.4. The molecule has 0 aliphatic carbocycles. The van der Waals surface area contributed by atoms with Crippen molar-refractivity contribution in [2.24, 2.45) is 7.05 Å². The van der Waals surface area contributed by atoms with Crippen LogP contribution in [0.4, 0.5) is 11.4 Å². The van der Waals surface area contributed by atoms with Crippen LogP contribution in [-0.4, -0.2) is 34.6 Å². The van der Waals surface area contributed by atoms with E-state index in [0.29, 0.717) is 11.4 Å². The Morgan fingerprint density at radius 1 is 1.31 bits per heavy atom. The molecule has 1 atom stereocenters. The van der Waals surface area contributed by atoms with E-state index in [2.05, 4.69) is 5.32 Å². The topological polar surface area (TPSA) is 113 Å². The molecule has 1 unspecified atom stereocenters. The lowest BCUT2D eigenvalue weighted by atomic mass is 10.2. The van der Waals surface area contributed by atoms with Crippen LogP contribution in [-0.2, 0) is 16.6 Å². The van der Waals surface area contributed by atoms with E-state index in [-0.39, 0.29) is 11.4 Å². The summed E-state index contributed by atoms with van der Waals surface area (Å²) in [4.78, 5) is 34.6. The monoisotopic (exact) mass is 361 g/mol. The third kappa shape index (κ3) is 4.18. The molecule has 0 aliphatic heterocycles. The first kappa shape index (κ1) is 19.0. The van der Waals surface area contributed by atoms with E-state index in [1.54, 1.807) is 12.1 Å². The number of aromatic nitrogens is 1. The molecule has 0 radical (unpaired) electrons. The van der Waals surface area contributed by atoms with Crippen molar-refractivity contribution in [2.75, 3.05) is 12.4 Å². The van der Waals surface area contributed by atoms with Gasteiger partial charge in [-0.15, -0.1) is 0 Å². The first-order chi connectivity index (χ1) is 12.2. The number of aryl methyl sites for hydroxylation is 2. The molecule has 1 aromatic heterocycles. The van der Waals surface area contributed by atoms with E-state index in [1.807, 2.05) is 13.0 Å². The Kier molecular flexibility index (Phi) is 5.61. The minimum atomic E-state index is -1.11. The van der Waals surface area contributed by atoms with Crippen molar-refractivity contribution in [3.63, 3.8) is 0 Å². The zero-order valence-electron chi connectivity index (χ0n) is 14.8. The van der Waals surface area contributed by atoms with Crippen molar-refractivity contribution in [2.45, 2.75) is 20.0 Å². The van der Waals surface area contributed by atoms with Crippen LogP contribution in [0.1, 0.15) is 23.0 Å². The molecule has 0 aliphatic rings. The maximum absolute atomic E-state index is 12.3. The molecular formula is C17H19N3O6. The zero-order valence-corrected chi connectivity index (χ0v) is 14.8. The quantitative estimate of drug-likeness (QED) is 0.480. The number of hydrogen-bond acceptors (Lipinski definition) is 6. The van der Waals surface area contributed by atoms with Crippen molar-refractivity contribution >= 4 is 23.3 Å². The predicted octanol–water partition coefficient (Wildman–Crippen LogP) is 2.43. The van der Waals surface area contributed by atoms with Crippen LogP contribution in [0.5, 0.6) is 5.75 Å². The normalized spacial score (nSPS) is 11.5. The fraction of sp³-hybridized carbons (Fsp3) is 0.294. The van der Waals surface area contributed by atoms with E-state index in [4.69, 9.17) is 9.47 Å². The van der Waals surface area contributed by atoms with Crippen molar-refractivity contribution in [3.05, 3.63) is 51.8 Å². The van der Waals surface area contributed by atoms with Gasteiger partial charge in [0.1, 0.15) is 11.4 Å². The van der Waals surface area contributed by atoms with Gasteiger partial charge in [-0.25, -0.2) is 4.79 Å². The standard InChI is InChI=1S/C17H19N3O6/c1-10-5-6-15(25-4)13(7-10)18-16(21)11(2)26-17(22)14-8-12(20(23)24)9-19(14)3/h5-9,11H,1-4H3,(H,18,21). The van der Waals surface area contributed by atoms with Crippen LogP contribution in [0.3, 0.4) is 0 Å². The molecule has 1 aromatic carbocycles. The van der Waals surface area contributed by atoms with Gasteiger partial charge in [0, 0.05) is 13.1 Å². The number of nitrogens with one attached hydrogen (secondary N) is 1. The molecule has 2 rings (SSSR count). The van der Waals surface area contributed by atoms with Crippen LogP contribution < -0.4 is 10.1 Å². The van der Waals surface area contributed by atoms with Crippen molar-refractivity contribution in [3.8, 4) is 5.75 Å². The summed E-state index contributed by atoms with van der Waals surface area (Å²) >= 11 is 0. The number of benzene rings is 1. The maximum Gasteiger partial charge on any atom is 0.355 e. The number of carbonyl (C=O) groups is 2. The Hall–Kier alpha value is -3.36. The van der Waals surface area contributed by atoms with Crippen molar-refractivity contribution in [1.82, 2.24) is 4.57 Å². The van der Waals surface area contributed by atoms with Crippen LogP contribution in [0.2, 0.25) is 0 Å². The molecule has 0 saturated heterocycles. The highest BCUT2D eigenvalue weighted by Crippen LogP contribution is 2.25. The minimum absolute atomic E-state index is 0.0236. The van der Waals surface area contributed by atoms with E-state index < -0.39 is 22.9 Å². The third-order valence-corrected chi connectivity index (χ3v) is 3.68. The second-order valence-corrected chi connectivity index (χ2v) is 5.69. The highest BCUT2D eigenvalue weighted by molar-refractivity contribution is 5.98. The Balaban J connectivity index is 2.08. The summed E-state index contributed by atoms with van der Waals surface area (Å²) < 4.78 is 11.6. The second kappa shape index (κ2) is 7.68. The van der Waals surface area contributed by atoms with E-state index in [9.17, 15) is 19.7 Å². The maximum atomic E-state index is 12.3. The molecule has 9 nitrogen and oxygen atoms in total. The fourth-order valence-electron chi connectivity index (χ4n) is 2.28. The molecule has 0 spiro atoms. The smallest absolute Gasteiger partial charge is 0.355 e. The van der Waals surface area contributed by atoms with Gasteiger partial charge in [0.05, 0.1) is 23.9 Å². The highest BCUT2D eigenvalue weighted by Gasteiger charge is 2.24. The first-order valence-electron chi connectivity index (χ1n) is 7.70. The van der Waals surface area contributed by atoms with Crippen LogP contribution in [0, 0.1) is 17.0 Å². The van der Waals surface area contributed by atoms with Gasteiger partial charge in [0.25, 0.3) is 11.6 Å². The summed E-state index contributed by atoms with van der Waals surface area (Å²) in [5.41, 5.74) is 1.11. The van der Waals surface area contributed by atoms with Gasteiger partial charge in [0.15, 0.2) is 6.10 Å². The molecule has 1 N–H and O–H groups in total. The number of nitro groups is 1. The number of esters is 1. The number of nitrogens with zero attached hydrogens (tertiary/aromatic N) is 2. The summed E-state index contributed by atoms with van der Waals surface area (Å²) in [5, 5.41) is 13.4. The summed E-state index contributed by atoms with van der Waals surface area (Å²) in [6.07, 6.45) is 0.0838. The lowest BCUT2D eigenvalue weighted by molar-refractivity contribution is -0.384. The van der Waals surface area contributed by atoms with E-state index >= 15 is 0 Å². The summed E-state index contributed by atoms with van der Waals surface area (Å²) in [6, 6.07) is 6.37.